The number of nitrogens with one attached hydrogen (secondary N) is 2. The fourth-order valence-corrected chi connectivity index (χ4v) is 7.07. The highest BCUT2D eigenvalue weighted by Crippen LogP contribution is 2.30. The van der Waals surface area contributed by atoms with Gasteiger partial charge in [0.15, 0.2) is 0 Å². The molecular weight excluding hydrogens is 618 g/mol. The van der Waals surface area contributed by atoms with E-state index in [1.54, 1.807) is 84.9 Å². The maximum Gasteiger partial charge on any atom is 0.264 e. The highest BCUT2D eigenvalue weighted by Gasteiger charge is 2.29. The number of carbonyl (C=O) groups excluding carboxylic acids is 1. The predicted molar refractivity (Wildman–Crippen MR) is 174 cm³/mol. The molecule has 5 aromatic rings. The van der Waals surface area contributed by atoms with Crippen molar-refractivity contribution in [2.24, 2.45) is 0 Å². The van der Waals surface area contributed by atoms with E-state index in [-0.39, 0.29) is 27.6 Å². The summed E-state index contributed by atoms with van der Waals surface area (Å²) in [4.78, 5) is 13.7. The van der Waals surface area contributed by atoms with Crippen LogP contribution in [0.15, 0.2) is 137 Å². The molecule has 0 aromatic heterocycles. The molecule has 224 valence electrons. The van der Waals surface area contributed by atoms with Crippen molar-refractivity contribution in [3.8, 4) is 0 Å². The smallest absolute Gasteiger partial charge is 0.264 e. The molecule has 0 aliphatic rings. The number of para-hydroxylation sites is 2. The molecule has 8 nitrogen and oxygen atoms in total. The lowest BCUT2D eigenvalue weighted by Crippen LogP contribution is -2.32. The van der Waals surface area contributed by atoms with E-state index in [4.69, 9.17) is 11.6 Å². The van der Waals surface area contributed by atoms with Gasteiger partial charge in [-0.1, -0.05) is 71.8 Å². The summed E-state index contributed by atoms with van der Waals surface area (Å²) in [5.74, 6) is -0.571. The molecule has 0 fully saturated rings. The van der Waals surface area contributed by atoms with Crippen molar-refractivity contribution in [2.75, 3.05) is 14.3 Å². The summed E-state index contributed by atoms with van der Waals surface area (Å²) in [6, 6.07) is 33.9. The first kappa shape index (κ1) is 30.8. The molecule has 11 heteroatoms. The van der Waals surface area contributed by atoms with Crippen LogP contribution >= 0.6 is 11.6 Å². The lowest BCUT2D eigenvalue weighted by Gasteiger charge is -2.27. The minimum Gasteiger partial charge on any atom is -0.322 e. The number of anilines is 3. The van der Waals surface area contributed by atoms with Crippen LogP contribution in [0.5, 0.6) is 0 Å². The minimum atomic E-state index is -4.11. The number of sulfonamides is 2. The van der Waals surface area contributed by atoms with E-state index in [2.05, 4.69) is 10.0 Å². The molecule has 0 atom stereocenters. The van der Waals surface area contributed by atoms with Gasteiger partial charge in [0.2, 0.25) is 0 Å². The lowest BCUT2D eigenvalue weighted by atomic mass is 10.1. The summed E-state index contributed by atoms with van der Waals surface area (Å²) in [6.45, 7) is 1.81. The number of rotatable bonds is 10. The van der Waals surface area contributed by atoms with Crippen molar-refractivity contribution in [1.82, 2.24) is 0 Å². The SMILES string of the molecule is Cc1ccc(S(=O)(=O)N(Cc2ccc(Cl)cc2)c2ccccc2C(=O)Nc2ccc(S(=O)(=O)Nc3ccccc3)cc2)cc1. The van der Waals surface area contributed by atoms with Gasteiger partial charge in [-0.05, 0) is 85.3 Å². The highest BCUT2D eigenvalue weighted by molar-refractivity contribution is 7.93. The van der Waals surface area contributed by atoms with E-state index in [0.29, 0.717) is 22.0 Å². The van der Waals surface area contributed by atoms with Crippen molar-refractivity contribution in [3.63, 3.8) is 0 Å². The summed E-state index contributed by atoms with van der Waals surface area (Å²) >= 11 is 6.06. The zero-order chi connectivity index (χ0) is 31.3. The third kappa shape index (κ3) is 7.11. The van der Waals surface area contributed by atoms with Crippen LogP contribution in [0.2, 0.25) is 5.02 Å². The summed E-state index contributed by atoms with van der Waals surface area (Å²) in [5.41, 5.74) is 2.61. The van der Waals surface area contributed by atoms with E-state index in [9.17, 15) is 21.6 Å². The first-order valence-electron chi connectivity index (χ1n) is 13.5. The van der Waals surface area contributed by atoms with E-state index >= 15 is 0 Å². The molecule has 0 saturated heterocycles. The molecule has 5 aromatic carbocycles. The Labute approximate surface area is 262 Å². The van der Waals surface area contributed by atoms with Gasteiger partial charge in [0.05, 0.1) is 27.6 Å². The predicted octanol–water partition coefficient (Wildman–Crippen LogP) is 7.10. The van der Waals surface area contributed by atoms with Gasteiger partial charge in [0, 0.05) is 16.4 Å². The second-order valence-corrected chi connectivity index (χ2v) is 13.9. The molecule has 1 amide bonds. The Morgan fingerprint density at radius 2 is 1.27 bits per heavy atom. The first-order chi connectivity index (χ1) is 21.0. The molecular formula is C33H28ClN3O5S2. The minimum absolute atomic E-state index is 0.0121. The van der Waals surface area contributed by atoms with Gasteiger partial charge in [0.25, 0.3) is 26.0 Å². The Kier molecular flexibility index (Phi) is 9.05. The monoisotopic (exact) mass is 645 g/mol. The number of halogens is 1. The van der Waals surface area contributed by atoms with Gasteiger partial charge in [-0.3, -0.25) is 13.8 Å². The van der Waals surface area contributed by atoms with Gasteiger partial charge in [-0.2, -0.15) is 0 Å². The van der Waals surface area contributed by atoms with Crippen LogP contribution in [-0.2, 0) is 26.6 Å². The Bertz CT molecular complexity index is 1980. The molecule has 0 unspecified atom stereocenters. The van der Waals surface area contributed by atoms with Crippen molar-refractivity contribution < 1.29 is 21.6 Å². The van der Waals surface area contributed by atoms with Crippen LogP contribution < -0.4 is 14.3 Å². The van der Waals surface area contributed by atoms with Crippen molar-refractivity contribution in [3.05, 3.63) is 149 Å². The number of carbonyl (C=O) groups is 1. The van der Waals surface area contributed by atoms with Crippen LogP contribution in [0.3, 0.4) is 0 Å². The molecule has 0 bridgehead atoms. The average molecular weight is 646 g/mol. The average Bonchev–Trinajstić information content (AvgIpc) is 3.01. The second-order valence-electron chi connectivity index (χ2n) is 9.92. The molecule has 0 heterocycles. The number of nitrogens with zero attached hydrogens (tertiary/aromatic N) is 1. The van der Waals surface area contributed by atoms with Crippen LogP contribution in [0.1, 0.15) is 21.5 Å². The Hall–Kier alpha value is -4.64. The topological polar surface area (TPSA) is 113 Å². The van der Waals surface area contributed by atoms with Gasteiger partial charge < -0.3 is 5.32 Å². The van der Waals surface area contributed by atoms with Crippen LogP contribution in [0.25, 0.3) is 0 Å². The fourth-order valence-electron chi connectivity index (χ4n) is 4.41. The zero-order valence-corrected chi connectivity index (χ0v) is 25.9. The number of hydrogen-bond donors (Lipinski definition) is 2. The van der Waals surface area contributed by atoms with Gasteiger partial charge in [-0.15, -0.1) is 0 Å². The normalized spacial score (nSPS) is 11.5. The van der Waals surface area contributed by atoms with Crippen molar-refractivity contribution in [2.45, 2.75) is 23.3 Å². The van der Waals surface area contributed by atoms with E-state index < -0.39 is 26.0 Å². The quantitative estimate of drug-likeness (QED) is 0.168. The van der Waals surface area contributed by atoms with Crippen LogP contribution in [0.4, 0.5) is 17.1 Å². The zero-order valence-electron chi connectivity index (χ0n) is 23.5. The Balaban J connectivity index is 1.45. The maximum absolute atomic E-state index is 14.0. The third-order valence-electron chi connectivity index (χ3n) is 6.71. The molecule has 5 rings (SSSR count). The lowest BCUT2D eigenvalue weighted by molar-refractivity contribution is 0.102. The number of amides is 1. The van der Waals surface area contributed by atoms with Gasteiger partial charge in [-0.25, -0.2) is 16.8 Å². The largest absolute Gasteiger partial charge is 0.322 e. The molecule has 0 aliphatic heterocycles. The van der Waals surface area contributed by atoms with E-state index in [1.807, 2.05) is 6.92 Å². The molecule has 0 spiro atoms. The van der Waals surface area contributed by atoms with E-state index in [1.165, 1.54) is 46.8 Å². The maximum atomic E-state index is 14.0. The molecule has 0 radical (unpaired) electrons. The number of aryl methyl sites for hydroxylation is 1. The van der Waals surface area contributed by atoms with Gasteiger partial charge in [0.1, 0.15) is 0 Å². The molecule has 0 aliphatic carbocycles. The summed E-state index contributed by atoms with van der Waals surface area (Å²) in [6.07, 6.45) is 0. The fraction of sp³-hybridized carbons (Fsp3) is 0.0606. The second kappa shape index (κ2) is 12.9. The van der Waals surface area contributed by atoms with E-state index in [0.717, 1.165) is 5.56 Å². The standard InChI is InChI=1S/C33H28ClN3O5S2/c1-24-11-19-30(20-12-24)44(41,42)37(23-25-13-15-26(34)16-14-25)32-10-6-5-9-31(32)33(38)35-27-17-21-29(22-18-27)43(39,40)36-28-7-3-2-4-8-28/h2-22,36H,23H2,1H3,(H,35,38). The Morgan fingerprint density at radius 3 is 1.93 bits per heavy atom. The van der Waals surface area contributed by atoms with Crippen molar-refractivity contribution >= 4 is 54.6 Å². The Morgan fingerprint density at radius 1 is 0.682 bits per heavy atom. The molecule has 0 saturated carbocycles. The van der Waals surface area contributed by atoms with Crippen LogP contribution in [-0.4, -0.2) is 22.7 Å². The van der Waals surface area contributed by atoms with Crippen molar-refractivity contribution in [1.29, 1.82) is 0 Å². The van der Waals surface area contributed by atoms with Crippen LogP contribution in [0, 0.1) is 6.92 Å². The summed E-state index contributed by atoms with van der Waals surface area (Å²) in [5, 5.41) is 3.27. The summed E-state index contributed by atoms with van der Waals surface area (Å²) < 4.78 is 57.3. The number of hydrogen-bond acceptors (Lipinski definition) is 5. The summed E-state index contributed by atoms with van der Waals surface area (Å²) in [7, 11) is -7.96. The third-order valence-corrected chi connectivity index (χ3v) is 10.1. The van der Waals surface area contributed by atoms with Gasteiger partial charge >= 0.3 is 0 Å². The molecule has 2 N–H and O–H groups in total. The highest BCUT2D eigenvalue weighted by atomic mass is 35.5. The molecule has 44 heavy (non-hydrogen) atoms. The number of benzene rings is 5. The first-order valence-corrected chi connectivity index (χ1v) is 16.8.